The number of nitrogens with zero attached hydrogens (tertiary/aromatic N) is 3. The molecule has 4 nitrogen and oxygen atoms in total. The van der Waals surface area contributed by atoms with E-state index in [1.165, 1.54) is 5.56 Å². The lowest BCUT2D eigenvalue weighted by Crippen LogP contribution is -2.11. The molecule has 0 fully saturated rings. The molecule has 0 spiro atoms. The van der Waals surface area contributed by atoms with Crippen LogP contribution in [0.2, 0.25) is 0 Å². The second kappa shape index (κ2) is 16.3. The van der Waals surface area contributed by atoms with Gasteiger partial charge in [0.25, 0.3) is 0 Å². The Morgan fingerprint density at radius 3 is 1.89 bits per heavy atom. The van der Waals surface area contributed by atoms with Gasteiger partial charge in [0.15, 0.2) is 0 Å². The van der Waals surface area contributed by atoms with Crippen LogP contribution in [-0.4, -0.2) is 19.6 Å². The molecule has 0 unspecified atom stereocenters. The number of aryl methyl sites for hydroxylation is 4. The number of benzene rings is 7. The fourth-order valence-corrected chi connectivity index (χ4v) is 8.87. The standard InChI is InChI=1S/C60H57N3O/c1-37-19-21-41(22-20-37)44-27-28-61-53(35-44)46-32-45(33-48(34-46)60(8,9)10)49-17-14-18-54-56(49)62-58(52-30-38(2)29-40(4)57(52)64)63(54)55-31-39(3)50(42-15-12-11-13-16-42)36-51(55)43-23-25-47(26-24-43)59(5,6)7/h11-36,64H,1-10H3/i1D3. The van der Waals surface area contributed by atoms with Crippen LogP contribution in [0.3, 0.4) is 0 Å². The first-order chi connectivity index (χ1) is 31.7. The molecular formula is C60H57N3O. The van der Waals surface area contributed by atoms with E-state index >= 15 is 0 Å². The number of hydrogen-bond acceptors (Lipinski definition) is 3. The maximum absolute atomic E-state index is 12.0. The number of imidazole rings is 1. The summed E-state index contributed by atoms with van der Waals surface area (Å²) in [5, 5.41) is 12.0. The van der Waals surface area contributed by atoms with Gasteiger partial charge >= 0.3 is 0 Å². The second-order valence-corrected chi connectivity index (χ2v) is 19.4. The van der Waals surface area contributed by atoms with Crippen molar-refractivity contribution in [2.24, 2.45) is 0 Å². The molecule has 7 aromatic carbocycles. The second-order valence-electron chi connectivity index (χ2n) is 19.4. The Labute approximate surface area is 383 Å². The molecule has 0 aliphatic carbocycles. The van der Waals surface area contributed by atoms with Crippen LogP contribution in [-0.2, 0) is 10.8 Å². The van der Waals surface area contributed by atoms with Gasteiger partial charge in [-0.05, 0) is 148 Å². The normalized spacial score (nSPS) is 12.9. The topological polar surface area (TPSA) is 50.9 Å². The molecule has 9 rings (SSSR count). The van der Waals surface area contributed by atoms with E-state index in [9.17, 15) is 5.11 Å². The molecular weight excluding hydrogens is 779 g/mol. The minimum absolute atomic E-state index is 0.00719. The third-order valence-electron chi connectivity index (χ3n) is 12.5. The molecule has 0 saturated heterocycles. The summed E-state index contributed by atoms with van der Waals surface area (Å²) in [5.41, 5.74) is 18.8. The Morgan fingerprint density at radius 1 is 0.500 bits per heavy atom. The van der Waals surface area contributed by atoms with Crippen molar-refractivity contribution >= 4 is 11.0 Å². The number of para-hydroxylation sites is 1. The minimum Gasteiger partial charge on any atom is -0.507 e. The van der Waals surface area contributed by atoms with Gasteiger partial charge in [0.05, 0.1) is 28.0 Å². The highest BCUT2D eigenvalue weighted by atomic mass is 16.3. The molecule has 4 heteroatoms. The summed E-state index contributed by atoms with van der Waals surface area (Å²) in [6, 6.07) is 52.3. The molecule has 0 aliphatic rings. The van der Waals surface area contributed by atoms with Crippen LogP contribution in [0.4, 0.5) is 0 Å². The van der Waals surface area contributed by atoms with Crippen LogP contribution in [0.1, 0.15) is 79.0 Å². The van der Waals surface area contributed by atoms with Crippen molar-refractivity contribution in [2.45, 2.75) is 80.0 Å². The number of hydrogen-bond donors (Lipinski definition) is 1. The highest BCUT2D eigenvalue weighted by molar-refractivity contribution is 5.98. The predicted octanol–water partition coefficient (Wildman–Crippen LogP) is 16.0. The van der Waals surface area contributed by atoms with Gasteiger partial charge < -0.3 is 5.11 Å². The molecule has 0 atom stereocenters. The van der Waals surface area contributed by atoms with E-state index < -0.39 is 6.85 Å². The third kappa shape index (κ3) is 8.05. The van der Waals surface area contributed by atoms with Gasteiger partial charge in [-0.25, -0.2) is 4.98 Å². The van der Waals surface area contributed by atoms with Gasteiger partial charge in [0.2, 0.25) is 0 Å². The maximum Gasteiger partial charge on any atom is 0.149 e. The lowest BCUT2D eigenvalue weighted by Gasteiger charge is -2.22. The summed E-state index contributed by atoms with van der Waals surface area (Å²) in [5.74, 6) is 0.852. The molecule has 9 aromatic rings. The maximum atomic E-state index is 12.0. The van der Waals surface area contributed by atoms with Gasteiger partial charge in [-0.2, -0.15) is 0 Å². The lowest BCUT2D eigenvalue weighted by atomic mass is 9.83. The van der Waals surface area contributed by atoms with Crippen LogP contribution in [0.25, 0.3) is 83.9 Å². The van der Waals surface area contributed by atoms with Crippen molar-refractivity contribution in [3.05, 3.63) is 191 Å². The first-order valence-corrected chi connectivity index (χ1v) is 22.1. The van der Waals surface area contributed by atoms with E-state index in [0.29, 0.717) is 17.0 Å². The highest BCUT2D eigenvalue weighted by Crippen LogP contribution is 2.44. The predicted molar refractivity (Wildman–Crippen MR) is 269 cm³/mol. The number of phenolic OH excluding ortho intramolecular Hbond substituents is 1. The molecule has 64 heavy (non-hydrogen) atoms. The van der Waals surface area contributed by atoms with Gasteiger partial charge in [0, 0.05) is 27.0 Å². The summed E-state index contributed by atoms with van der Waals surface area (Å²) in [6.07, 6.45) is 1.82. The smallest absolute Gasteiger partial charge is 0.149 e. The van der Waals surface area contributed by atoms with Crippen molar-refractivity contribution in [1.82, 2.24) is 14.5 Å². The Kier molecular flexibility index (Phi) is 9.81. The van der Waals surface area contributed by atoms with Gasteiger partial charge in [0.1, 0.15) is 11.6 Å². The van der Waals surface area contributed by atoms with Crippen molar-refractivity contribution in [2.75, 3.05) is 0 Å². The van der Waals surface area contributed by atoms with Crippen molar-refractivity contribution in [3.8, 4) is 78.6 Å². The van der Waals surface area contributed by atoms with Gasteiger partial charge in [-0.15, -0.1) is 0 Å². The summed E-state index contributed by atoms with van der Waals surface area (Å²) in [6.45, 7) is 17.4. The van der Waals surface area contributed by atoms with Crippen molar-refractivity contribution in [3.63, 3.8) is 0 Å². The molecule has 0 bridgehead atoms. The average Bonchev–Trinajstić information content (AvgIpc) is 3.69. The largest absolute Gasteiger partial charge is 0.507 e. The van der Waals surface area contributed by atoms with Crippen LogP contribution in [0.15, 0.2) is 158 Å². The van der Waals surface area contributed by atoms with Crippen LogP contribution in [0.5, 0.6) is 5.75 Å². The Bertz CT molecular complexity index is 3310. The van der Waals surface area contributed by atoms with E-state index in [2.05, 4.69) is 169 Å². The molecule has 0 radical (unpaired) electrons. The van der Waals surface area contributed by atoms with Gasteiger partial charge in [-0.3, -0.25) is 9.55 Å². The van der Waals surface area contributed by atoms with Gasteiger partial charge in [-0.1, -0.05) is 150 Å². The number of phenols is 1. The van der Waals surface area contributed by atoms with Crippen LogP contribution in [0, 0.1) is 27.6 Å². The summed E-state index contributed by atoms with van der Waals surface area (Å²) in [7, 11) is 0. The van der Waals surface area contributed by atoms with E-state index in [-0.39, 0.29) is 16.6 Å². The summed E-state index contributed by atoms with van der Waals surface area (Å²) < 4.78 is 25.8. The zero-order valence-corrected chi connectivity index (χ0v) is 38.3. The average molecular weight is 839 g/mol. The first-order valence-electron chi connectivity index (χ1n) is 23.6. The Balaban J connectivity index is 1.30. The monoisotopic (exact) mass is 838 g/mol. The summed E-state index contributed by atoms with van der Waals surface area (Å²) >= 11 is 0. The fraction of sp³-hybridized carbons (Fsp3) is 0.200. The van der Waals surface area contributed by atoms with Crippen molar-refractivity contribution in [1.29, 1.82) is 0 Å². The highest BCUT2D eigenvalue weighted by Gasteiger charge is 2.25. The molecule has 0 amide bonds. The fourth-order valence-electron chi connectivity index (χ4n) is 8.87. The van der Waals surface area contributed by atoms with Crippen LogP contribution >= 0.6 is 0 Å². The number of aromatic nitrogens is 3. The van der Waals surface area contributed by atoms with E-state index in [4.69, 9.17) is 14.1 Å². The number of rotatable bonds is 7. The molecule has 2 heterocycles. The molecule has 0 saturated carbocycles. The van der Waals surface area contributed by atoms with Crippen molar-refractivity contribution < 1.29 is 9.22 Å². The summed E-state index contributed by atoms with van der Waals surface area (Å²) in [4.78, 5) is 10.5. The zero-order chi connectivity index (χ0) is 47.6. The lowest BCUT2D eigenvalue weighted by molar-refractivity contribution is 0.472. The first kappa shape index (κ1) is 38.6. The third-order valence-corrected chi connectivity index (χ3v) is 12.5. The van der Waals surface area contributed by atoms with E-state index in [0.717, 1.165) is 94.7 Å². The minimum atomic E-state index is -2.17. The quantitative estimate of drug-likeness (QED) is 0.174. The molecule has 2 aromatic heterocycles. The van der Waals surface area contributed by atoms with E-state index in [1.807, 2.05) is 43.5 Å². The Morgan fingerprint density at radius 2 is 1.19 bits per heavy atom. The van der Waals surface area contributed by atoms with Crippen LogP contribution < -0.4 is 0 Å². The molecule has 1 N–H and O–H groups in total. The molecule has 0 aliphatic heterocycles. The SMILES string of the molecule is [2H]C([2H])([2H])c1ccc(-c2ccnc(-c3cc(-c4cccc5c4nc(-c4cc(C)cc(C)c4O)n5-c4cc(C)c(-c5ccccc5)cc4-c4ccc(C(C)(C)C)cc4)cc(C(C)(C)C)c3)c2)cc1. The number of aromatic hydroxyl groups is 1. The molecule has 318 valence electrons. The Hall–Kier alpha value is -7.04. The number of pyridine rings is 1. The number of fused-ring (bicyclic) bond motifs is 1. The zero-order valence-electron chi connectivity index (χ0n) is 41.3. The van der Waals surface area contributed by atoms with E-state index in [1.54, 1.807) is 12.1 Å².